The van der Waals surface area contributed by atoms with E-state index in [0.29, 0.717) is 19.3 Å². The quantitative estimate of drug-likeness (QED) is 0.0345. The first-order valence-corrected chi connectivity index (χ1v) is 26.6. The van der Waals surface area contributed by atoms with Crippen LogP contribution in [0.25, 0.3) is 0 Å². The van der Waals surface area contributed by atoms with Crippen LogP contribution in [0.1, 0.15) is 292 Å². The molecule has 0 bridgehead atoms. The molecule has 0 unspecified atom stereocenters. The molecule has 0 aliphatic heterocycles. The number of carbonyl (C=O) groups is 3. The van der Waals surface area contributed by atoms with Crippen molar-refractivity contribution in [3.05, 3.63) is 0 Å². The third-order valence-corrected chi connectivity index (χ3v) is 12.1. The molecule has 0 saturated carbocycles. The normalized spacial score (nSPS) is 12.2. The van der Waals surface area contributed by atoms with Crippen LogP contribution < -0.4 is 0 Å². The van der Waals surface area contributed by atoms with Gasteiger partial charge in [0.2, 0.25) is 0 Å². The van der Waals surface area contributed by atoms with Crippen LogP contribution >= 0.6 is 0 Å². The van der Waals surface area contributed by atoms with Gasteiger partial charge in [-0.15, -0.1) is 0 Å². The molecule has 0 aliphatic rings. The van der Waals surface area contributed by atoms with E-state index in [1.807, 2.05) is 0 Å². The van der Waals surface area contributed by atoms with Crippen molar-refractivity contribution in [2.75, 3.05) is 13.2 Å². The summed E-state index contributed by atoms with van der Waals surface area (Å²) >= 11 is 0. The summed E-state index contributed by atoms with van der Waals surface area (Å²) in [6.45, 7) is 13.7. The molecule has 6 nitrogen and oxygen atoms in total. The molecule has 6 heteroatoms. The van der Waals surface area contributed by atoms with E-state index in [0.717, 1.165) is 75.5 Å². The van der Waals surface area contributed by atoms with Gasteiger partial charge < -0.3 is 14.2 Å². The van der Waals surface area contributed by atoms with E-state index in [1.165, 1.54) is 173 Å². The number of unbranched alkanes of at least 4 members (excludes halogenated alkanes) is 30. The lowest BCUT2D eigenvalue weighted by Gasteiger charge is -2.18. The van der Waals surface area contributed by atoms with Gasteiger partial charge in [-0.05, 0) is 37.0 Å². The molecule has 0 fully saturated rings. The highest BCUT2D eigenvalue weighted by Gasteiger charge is 2.19. The summed E-state index contributed by atoms with van der Waals surface area (Å²) in [6, 6.07) is 0. The Morgan fingerprint density at radius 2 is 0.483 bits per heavy atom. The summed E-state index contributed by atoms with van der Waals surface area (Å²) < 4.78 is 16.8. The molecule has 0 N–H and O–H groups in total. The van der Waals surface area contributed by atoms with Gasteiger partial charge in [0, 0.05) is 19.3 Å². The Kier molecular flexibility index (Phi) is 44.2. The maximum Gasteiger partial charge on any atom is 0.306 e. The van der Waals surface area contributed by atoms with Crippen molar-refractivity contribution in [1.82, 2.24) is 0 Å². The second-order valence-electron chi connectivity index (χ2n) is 19.9. The third kappa shape index (κ3) is 47.5. The van der Waals surface area contributed by atoms with Gasteiger partial charge >= 0.3 is 17.9 Å². The zero-order valence-corrected chi connectivity index (χ0v) is 41.3. The molecule has 1 atom stereocenters. The van der Waals surface area contributed by atoms with Crippen molar-refractivity contribution in [2.24, 2.45) is 17.8 Å². The fourth-order valence-electron chi connectivity index (χ4n) is 8.12. The first kappa shape index (κ1) is 58.4. The number of esters is 3. The van der Waals surface area contributed by atoms with Crippen LogP contribution in [-0.4, -0.2) is 37.2 Å². The minimum Gasteiger partial charge on any atom is -0.462 e. The number of rotatable bonds is 47. The van der Waals surface area contributed by atoms with Gasteiger partial charge in [0.05, 0.1) is 0 Å². The minimum absolute atomic E-state index is 0.0649. The molecule has 0 spiro atoms. The van der Waals surface area contributed by atoms with E-state index in [4.69, 9.17) is 14.2 Å². The van der Waals surface area contributed by atoms with Gasteiger partial charge in [0.15, 0.2) is 6.10 Å². The molecule has 0 aromatic rings. The van der Waals surface area contributed by atoms with Crippen molar-refractivity contribution in [3.8, 4) is 0 Å². The summed E-state index contributed by atoms with van der Waals surface area (Å²) in [5, 5.41) is 0. The fourth-order valence-corrected chi connectivity index (χ4v) is 8.12. The Hall–Kier alpha value is -1.59. The standard InChI is InChI=1S/C54H104O6/c1-48(2)40-34-28-22-17-13-11-9-7-8-10-12-14-19-25-31-37-43-52(55)58-46-51(47-59-53(56)44-38-32-27-21-24-30-36-42-50(5)6)60-54(57)45-39-33-26-20-16-15-18-23-29-35-41-49(3)4/h48-51H,7-47H2,1-6H3/t51-/m1/s1. The molecule has 0 heterocycles. The van der Waals surface area contributed by atoms with Crippen molar-refractivity contribution in [3.63, 3.8) is 0 Å². The molecule has 0 saturated heterocycles. The van der Waals surface area contributed by atoms with Gasteiger partial charge in [0.1, 0.15) is 13.2 Å². The Labute approximate surface area is 374 Å². The van der Waals surface area contributed by atoms with Crippen LogP contribution in [0.4, 0.5) is 0 Å². The Balaban J connectivity index is 4.24. The topological polar surface area (TPSA) is 78.9 Å². The molecule has 0 amide bonds. The Morgan fingerprint density at radius 3 is 0.717 bits per heavy atom. The molecule has 0 radical (unpaired) electrons. The van der Waals surface area contributed by atoms with Crippen LogP contribution in [0.15, 0.2) is 0 Å². The van der Waals surface area contributed by atoms with Crippen molar-refractivity contribution in [2.45, 2.75) is 298 Å². The number of hydrogen-bond acceptors (Lipinski definition) is 6. The number of hydrogen-bond donors (Lipinski definition) is 0. The maximum absolute atomic E-state index is 12.8. The lowest BCUT2D eigenvalue weighted by atomic mass is 10.0. The highest BCUT2D eigenvalue weighted by atomic mass is 16.6. The summed E-state index contributed by atoms with van der Waals surface area (Å²) in [5.41, 5.74) is 0. The van der Waals surface area contributed by atoms with Crippen LogP contribution in [0, 0.1) is 17.8 Å². The molecular weight excluding hydrogens is 745 g/mol. The summed E-state index contributed by atoms with van der Waals surface area (Å²) in [5.74, 6) is 1.60. The Morgan fingerprint density at radius 1 is 0.283 bits per heavy atom. The van der Waals surface area contributed by atoms with E-state index in [9.17, 15) is 14.4 Å². The van der Waals surface area contributed by atoms with Crippen LogP contribution in [0.5, 0.6) is 0 Å². The third-order valence-electron chi connectivity index (χ3n) is 12.1. The van der Waals surface area contributed by atoms with Crippen molar-refractivity contribution < 1.29 is 28.6 Å². The van der Waals surface area contributed by atoms with E-state index < -0.39 is 6.10 Å². The largest absolute Gasteiger partial charge is 0.462 e. The first-order chi connectivity index (χ1) is 29.1. The zero-order valence-electron chi connectivity index (χ0n) is 41.3. The van der Waals surface area contributed by atoms with Gasteiger partial charge in [-0.2, -0.15) is 0 Å². The average Bonchev–Trinajstić information content (AvgIpc) is 3.20. The summed E-state index contributed by atoms with van der Waals surface area (Å²) in [7, 11) is 0. The molecular formula is C54H104O6. The van der Waals surface area contributed by atoms with Crippen LogP contribution in [0.3, 0.4) is 0 Å². The zero-order chi connectivity index (χ0) is 44.2. The highest BCUT2D eigenvalue weighted by molar-refractivity contribution is 5.71. The first-order valence-electron chi connectivity index (χ1n) is 26.6. The van der Waals surface area contributed by atoms with Crippen LogP contribution in [0.2, 0.25) is 0 Å². The molecule has 0 rings (SSSR count). The van der Waals surface area contributed by atoms with Gasteiger partial charge in [-0.25, -0.2) is 0 Å². The SMILES string of the molecule is CC(C)CCCCCCCCCCCCCCCCCCC(=O)OC[C@H](COC(=O)CCCCCCCCCC(C)C)OC(=O)CCCCCCCCCCCCC(C)C. The monoisotopic (exact) mass is 849 g/mol. The second kappa shape index (κ2) is 45.4. The molecule has 0 aliphatic carbocycles. The smallest absolute Gasteiger partial charge is 0.306 e. The maximum atomic E-state index is 12.8. The predicted octanol–water partition coefficient (Wildman–Crippen LogP) is 17.2. The number of ether oxygens (including phenoxy) is 3. The van der Waals surface area contributed by atoms with Crippen molar-refractivity contribution >= 4 is 17.9 Å². The molecule has 0 aromatic carbocycles. The lowest BCUT2D eigenvalue weighted by molar-refractivity contribution is -0.167. The van der Waals surface area contributed by atoms with Crippen molar-refractivity contribution in [1.29, 1.82) is 0 Å². The summed E-state index contributed by atoms with van der Waals surface area (Å²) in [6.07, 6.45) is 45.3. The average molecular weight is 849 g/mol. The van der Waals surface area contributed by atoms with E-state index in [-0.39, 0.29) is 31.1 Å². The second-order valence-corrected chi connectivity index (χ2v) is 19.9. The number of carbonyl (C=O) groups excluding carboxylic acids is 3. The highest BCUT2D eigenvalue weighted by Crippen LogP contribution is 2.18. The van der Waals surface area contributed by atoms with Crippen LogP contribution in [-0.2, 0) is 28.6 Å². The fraction of sp³-hybridized carbons (Fsp3) is 0.944. The van der Waals surface area contributed by atoms with E-state index in [1.54, 1.807) is 0 Å². The summed E-state index contributed by atoms with van der Waals surface area (Å²) in [4.78, 5) is 37.9. The van der Waals surface area contributed by atoms with Gasteiger partial charge in [0.25, 0.3) is 0 Å². The minimum atomic E-state index is -0.763. The van der Waals surface area contributed by atoms with Gasteiger partial charge in [-0.3, -0.25) is 14.4 Å². The van der Waals surface area contributed by atoms with E-state index in [2.05, 4.69) is 41.5 Å². The Bertz CT molecular complexity index is 929. The van der Waals surface area contributed by atoms with E-state index >= 15 is 0 Å². The molecule has 356 valence electrons. The molecule has 60 heavy (non-hydrogen) atoms. The predicted molar refractivity (Wildman–Crippen MR) is 256 cm³/mol. The van der Waals surface area contributed by atoms with Gasteiger partial charge in [-0.1, -0.05) is 253 Å². The molecule has 0 aromatic heterocycles. The lowest BCUT2D eigenvalue weighted by Crippen LogP contribution is -2.30.